The van der Waals surface area contributed by atoms with Crippen molar-refractivity contribution in [3.8, 4) is 0 Å². The standard InChI is InChI=1S/C14H16FN3OS/c1-9(16)13-17-12(8-20-13)14(19)18(2)7-10-4-3-5-11(15)6-10/h3-6,8-9H,7,16H2,1-2H3. The van der Waals surface area contributed by atoms with Crippen LogP contribution in [0.3, 0.4) is 0 Å². The summed E-state index contributed by atoms with van der Waals surface area (Å²) in [6.45, 7) is 2.16. The monoisotopic (exact) mass is 293 g/mol. The SMILES string of the molecule is CC(N)c1nc(C(=O)N(C)Cc2cccc(F)c2)cs1. The fourth-order valence-corrected chi connectivity index (χ4v) is 2.52. The number of nitrogens with two attached hydrogens (primary N) is 1. The van der Waals surface area contributed by atoms with Crippen molar-refractivity contribution in [3.63, 3.8) is 0 Å². The number of nitrogens with zero attached hydrogens (tertiary/aromatic N) is 2. The molecule has 1 aromatic carbocycles. The van der Waals surface area contributed by atoms with Gasteiger partial charge >= 0.3 is 0 Å². The predicted molar refractivity (Wildman–Crippen MR) is 76.9 cm³/mol. The lowest BCUT2D eigenvalue weighted by atomic mass is 10.2. The van der Waals surface area contributed by atoms with Crippen LogP contribution in [0.25, 0.3) is 0 Å². The number of benzene rings is 1. The molecular weight excluding hydrogens is 277 g/mol. The molecule has 1 amide bonds. The van der Waals surface area contributed by atoms with Crippen LogP contribution in [0.4, 0.5) is 4.39 Å². The van der Waals surface area contributed by atoms with Gasteiger partial charge in [-0.2, -0.15) is 0 Å². The maximum absolute atomic E-state index is 13.1. The van der Waals surface area contributed by atoms with Gasteiger partial charge in [0.1, 0.15) is 16.5 Å². The first-order valence-corrected chi connectivity index (χ1v) is 7.06. The maximum Gasteiger partial charge on any atom is 0.273 e. The predicted octanol–water partition coefficient (Wildman–Crippen LogP) is 2.57. The number of halogens is 1. The topological polar surface area (TPSA) is 59.2 Å². The second-order valence-electron chi connectivity index (χ2n) is 4.65. The van der Waals surface area contributed by atoms with Gasteiger partial charge in [-0.15, -0.1) is 11.3 Å². The molecule has 0 saturated carbocycles. The normalized spacial score (nSPS) is 12.2. The summed E-state index contributed by atoms with van der Waals surface area (Å²) in [6.07, 6.45) is 0. The molecule has 1 aromatic heterocycles. The molecule has 1 heterocycles. The summed E-state index contributed by atoms with van der Waals surface area (Å²) in [5.41, 5.74) is 6.84. The molecule has 0 fully saturated rings. The van der Waals surface area contributed by atoms with Crippen LogP contribution in [0.5, 0.6) is 0 Å². The third-order valence-electron chi connectivity index (χ3n) is 2.79. The number of thiazole rings is 1. The van der Waals surface area contributed by atoms with E-state index in [0.717, 1.165) is 10.6 Å². The zero-order valence-corrected chi connectivity index (χ0v) is 12.2. The Morgan fingerprint density at radius 1 is 1.55 bits per heavy atom. The summed E-state index contributed by atoms with van der Waals surface area (Å²) in [4.78, 5) is 17.9. The summed E-state index contributed by atoms with van der Waals surface area (Å²) < 4.78 is 13.1. The number of hydrogen-bond acceptors (Lipinski definition) is 4. The van der Waals surface area contributed by atoms with Crippen molar-refractivity contribution in [1.82, 2.24) is 9.88 Å². The summed E-state index contributed by atoms with van der Waals surface area (Å²) in [6, 6.07) is 6.01. The van der Waals surface area contributed by atoms with Crippen molar-refractivity contribution < 1.29 is 9.18 Å². The van der Waals surface area contributed by atoms with E-state index in [1.807, 2.05) is 6.92 Å². The minimum atomic E-state index is -0.309. The highest BCUT2D eigenvalue weighted by Crippen LogP contribution is 2.17. The van der Waals surface area contributed by atoms with Gasteiger partial charge in [-0.05, 0) is 24.6 Å². The van der Waals surface area contributed by atoms with Gasteiger partial charge in [0.25, 0.3) is 5.91 Å². The summed E-state index contributed by atoms with van der Waals surface area (Å²) in [5, 5.41) is 2.43. The molecule has 0 radical (unpaired) electrons. The van der Waals surface area contributed by atoms with E-state index in [4.69, 9.17) is 5.73 Å². The molecule has 106 valence electrons. The van der Waals surface area contributed by atoms with E-state index in [9.17, 15) is 9.18 Å². The number of aromatic nitrogens is 1. The Hall–Kier alpha value is -1.79. The molecule has 4 nitrogen and oxygen atoms in total. The van der Waals surface area contributed by atoms with E-state index in [1.54, 1.807) is 24.6 Å². The summed E-state index contributed by atoms with van der Waals surface area (Å²) in [7, 11) is 1.66. The van der Waals surface area contributed by atoms with Gasteiger partial charge in [0.15, 0.2) is 0 Å². The molecule has 20 heavy (non-hydrogen) atoms. The average Bonchev–Trinajstić information content (AvgIpc) is 2.87. The van der Waals surface area contributed by atoms with Crippen molar-refractivity contribution in [3.05, 3.63) is 51.7 Å². The lowest BCUT2D eigenvalue weighted by Gasteiger charge is -2.16. The first kappa shape index (κ1) is 14.6. The summed E-state index contributed by atoms with van der Waals surface area (Å²) in [5.74, 6) is -0.506. The van der Waals surface area contributed by atoms with E-state index in [-0.39, 0.29) is 17.8 Å². The molecule has 6 heteroatoms. The van der Waals surface area contributed by atoms with E-state index < -0.39 is 0 Å². The van der Waals surface area contributed by atoms with Gasteiger partial charge in [0, 0.05) is 19.0 Å². The Bertz CT molecular complexity index is 612. The van der Waals surface area contributed by atoms with Gasteiger partial charge in [0.05, 0.1) is 6.04 Å². The van der Waals surface area contributed by atoms with Crippen LogP contribution in [0.1, 0.15) is 34.0 Å². The number of hydrogen-bond donors (Lipinski definition) is 1. The number of carbonyl (C=O) groups excluding carboxylic acids is 1. The molecular formula is C14H16FN3OS. The first-order chi connectivity index (χ1) is 9.47. The van der Waals surface area contributed by atoms with Crippen LogP contribution in [0.2, 0.25) is 0 Å². The van der Waals surface area contributed by atoms with Crippen molar-refractivity contribution in [1.29, 1.82) is 0 Å². The minimum Gasteiger partial charge on any atom is -0.336 e. The molecule has 0 spiro atoms. The highest BCUT2D eigenvalue weighted by atomic mass is 32.1. The zero-order chi connectivity index (χ0) is 14.7. The second-order valence-corrected chi connectivity index (χ2v) is 5.54. The number of amides is 1. The van der Waals surface area contributed by atoms with E-state index in [0.29, 0.717) is 12.2 Å². The maximum atomic E-state index is 13.1. The van der Waals surface area contributed by atoms with E-state index in [2.05, 4.69) is 4.98 Å². The number of rotatable bonds is 4. The Labute approximate surface area is 121 Å². The van der Waals surface area contributed by atoms with Crippen LogP contribution < -0.4 is 5.73 Å². The van der Waals surface area contributed by atoms with Gasteiger partial charge < -0.3 is 10.6 Å². The van der Waals surface area contributed by atoms with Gasteiger partial charge in [-0.1, -0.05) is 12.1 Å². The first-order valence-electron chi connectivity index (χ1n) is 6.18. The lowest BCUT2D eigenvalue weighted by molar-refractivity contribution is 0.0779. The Kier molecular flexibility index (Phi) is 4.46. The molecule has 1 atom stereocenters. The van der Waals surface area contributed by atoms with E-state index >= 15 is 0 Å². The molecule has 0 saturated heterocycles. The Balaban J connectivity index is 2.08. The molecule has 0 aliphatic heterocycles. The number of carbonyl (C=O) groups is 1. The van der Waals surface area contributed by atoms with Gasteiger partial charge in [-0.3, -0.25) is 4.79 Å². The van der Waals surface area contributed by atoms with Crippen LogP contribution in [0.15, 0.2) is 29.6 Å². The van der Waals surface area contributed by atoms with Gasteiger partial charge in [0.2, 0.25) is 0 Å². The smallest absolute Gasteiger partial charge is 0.273 e. The molecule has 0 bridgehead atoms. The zero-order valence-electron chi connectivity index (χ0n) is 11.3. The van der Waals surface area contributed by atoms with Crippen molar-refractivity contribution in [2.45, 2.75) is 19.5 Å². The molecule has 0 aliphatic carbocycles. The average molecular weight is 293 g/mol. The van der Waals surface area contributed by atoms with Crippen LogP contribution in [0, 0.1) is 5.82 Å². The van der Waals surface area contributed by atoms with Crippen molar-refractivity contribution >= 4 is 17.2 Å². The third-order valence-corrected chi connectivity index (χ3v) is 3.83. The molecule has 1 unspecified atom stereocenters. The van der Waals surface area contributed by atoms with Crippen LogP contribution >= 0.6 is 11.3 Å². The van der Waals surface area contributed by atoms with Crippen molar-refractivity contribution in [2.75, 3.05) is 7.05 Å². The molecule has 2 aromatic rings. The lowest BCUT2D eigenvalue weighted by Crippen LogP contribution is -2.26. The van der Waals surface area contributed by atoms with E-state index in [1.165, 1.54) is 28.4 Å². The fourth-order valence-electron chi connectivity index (χ4n) is 1.77. The molecule has 0 aliphatic rings. The molecule has 2 N–H and O–H groups in total. The Morgan fingerprint density at radius 2 is 2.30 bits per heavy atom. The van der Waals surface area contributed by atoms with Gasteiger partial charge in [-0.25, -0.2) is 9.37 Å². The van der Waals surface area contributed by atoms with Crippen LogP contribution in [-0.2, 0) is 6.54 Å². The highest BCUT2D eigenvalue weighted by Gasteiger charge is 2.17. The Morgan fingerprint density at radius 3 is 2.90 bits per heavy atom. The summed E-state index contributed by atoms with van der Waals surface area (Å²) >= 11 is 1.37. The molecule has 2 rings (SSSR count). The minimum absolute atomic E-state index is 0.185. The third kappa shape index (κ3) is 3.40. The fraction of sp³-hybridized carbons (Fsp3) is 0.286. The second kappa shape index (κ2) is 6.11. The van der Waals surface area contributed by atoms with Crippen molar-refractivity contribution in [2.24, 2.45) is 5.73 Å². The van der Waals surface area contributed by atoms with Crippen LogP contribution in [-0.4, -0.2) is 22.8 Å². The quantitative estimate of drug-likeness (QED) is 0.942. The highest BCUT2D eigenvalue weighted by molar-refractivity contribution is 7.09. The largest absolute Gasteiger partial charge is 0.336 e.